The Morgan fingerprint density at radius 2 is 2.27 bits per heavy atom. The highest BCUT2D eigenvalue weighted by Gasteiger charge is 2.05. The van der Waals surface area contributed by atoms with Gasteiger partial charge in [0.25, 0.3) is 0 Å². The van der Waals surface area contributed by atoms with Gasteiger partial charge >= 0.3 is 0 Å². The third-order valence-corrected chi connectivity index (χ3v) is 1.78. The topological polar surface area (TPSA) is 61.8 Å². The van der Waals surface area contributed by atoms with Crippen LogP contribution in [0.25, 0.3) is 0 Å². The highest BCUT2D eigenvalue weighted by atomic mass is 16.4. The first-order valence-corrected chi connectivity index (χ1v) is 3.80. The van der Waals surface area contributed by atoms with Crippen LogP contribution in [0.5, 0.6) is 0 Å². The van der Waals surface area contributed by atoms with Crippen LogP contribution in [0.2, 0.25) is 0 Å². The predicted molar refractivity (Wildman–Crippen MR) is 45.5 cm³/mol. The molecular weight excluding hydrogens is 142 g/mol. The van der Waals surface area contributed by atoms with Crippen LogP contribution in [0, 0.1) is 5.92 Å². The lowest BCUT2D eigenvalue weighted by atomic mass is 10.1. The normalized spacial score (nSPS) is 14.6. The van der Waals surface area contributed by atoms with Gasteiger partial charge in [-0.1, -0.05) is 25.4 Å². The second-order valence-electron chi connectivity index (χ2n) is 2.85. The van der Waals surface area contributed by atoms with Crippen LogP contribution in [-0.2, 0) is 0 Å². The van der Waals surface area contributed by atoms with Crippen molar-refractivity contribution in [2.75, 3.05) is 13.6 Å². The van der Waals surface area contributed by atoms with Gasteiger partial charge in [-0.3, -0.25) is 0 Å². The second kappa shape index (κ2) is 4.82. The van der Waals surface area contributed by atoms with Crippen molar-refractivity contribution < 1.29 is 5.21 Å². The van der Waals surface area contributed by atoms with Crippen molar-refractivity contribution in [2.45, 2.75) is 20.3 Å². The molecule has 0 amide bonds. The molecule has 0 saturated heterocycles. The molecule has 3 N–H and O–H groups in total. The van der Waals surface area contributed by atoms with Gasteiger partial charge in [0, 0.05) is 13.6 Å². The van der Waals surface area contributed by atoms with E-state index < -0.39 is 0 Å². The van der Waals surface area contributed by atoms with E-state index in [9.17, 15) is 0 Å². The minimum atomic E-state index is 0.172. The van der Waals surface area contributed by atoms with Crippen molar-refractivity contribution in [1.82, 2.24) is 4.90 Å². The Morgan fingerprint density at radius 1 is 1.73 bits per heavy atom. The Morgan fingerprint density at radius 3 is 2.64 bits per heavy atom. The van der Waals surface area contributed by atoms with Crippen molar-refractivity contribution in [3.05, 3.63) is 0 Å². The molecule has 0 bridgehead atoms. The van der Waals surface area contributed by atoms with Gasteiger partial charge in [-0.15, -0.1) is 0 Å². The van der Waals surface area contributed by atoms with Crippen LogP contribution in [-0.4, -0.2) is 29.7 Å². The summed E-state index contributed by atoms with van der Waals surface area (Å²) in [6.07, 6.45) is 1.10. The van der Waals surface area contributed by atoms with Crippen molar-refractivity contribution in [1.29, 1.82) is 0 Å². The zero-order chi connectivity index (χ0) is 8.85. The van der Waals surface area contributed by atoms with Crippen LogP contribution in [0.4, 0.5) is 0 Å². The monoisotopic (exact) mass is 159 g/mol. The third kappa shape index (κ3) is 3.70. The number of oxime groups is 1. The molecule has 1 unspecified atom stereocenters. The molecule has 0 aliphatic rings. The van der Waals surface area contributed by atoms with Crippen molar-refractivity contribution in [3.63, 3.8) is 0 Å². The summed E-state index contributed by atoms with van der Waals surface area (Å²) in [5, 5.41) is 11.2. The molecule has 0 aromatic heterocycles. The van der Waals surface area contributed by atoms with Crippen LogP contribution in [0.3, 0.4) is 0 Å². The lowest BCUT2D eigenvalue weighted by Gasteiger charge is -2.20. The number of guanidine groups is 1. The molecule has 0 saturated carbocycles. The summed E-state index contributed by atoms with van der Waals surface area (Å²) >= 11 is 0. The number of nitrogens with zero attached hydrogens (tertiary/aromatic N) is 2. The molecule has 0 aliphatic carbocycles. The van der Waals surface area contributed by atoms with E-state index in [-0.39, 0.29) is 5.96 Å². The molecule has 11 heavy (non-hydrogen) atoms. The van der Waals surface area contributed by atoms with Crippen LogP contribution in [0.1, 0.15) is 20.3 Å². The Hall–Kier alpha value is -0.930. The van der Waals surface area contributed by atoms with E-state index >= 15 is 0 Å². The highest BCUT2D eigenvalue weighted by molar-refractivity contribution is 5.76. The highest BCUT2D eigenvalue weighted by Crippen LogP contribution is 2.01. The molecule has 0 heterocycles. The van der Waals surface area contributed by atoms with Gasteiger partial charge in [0.15, 0.2) is 0 Å². The largest absolute Gasteiger partial charge is 0.408 e. The minimum Gasteiger partial charge on any atom is -0.408 e. The second-order valence-corrected chi connectivity index (χ2v) is 2.85. The molecule has 4 nitrogen and oxygen atoms in total. The van der Waals surface area contributed by atoms with Gasteiger partial charge in [-0.2, -0.15) is 0 Å². The Labute approximate surface area is 67.7 Å². The quantitative estimate of drug-likeness (QED) is 0.275. The average molecular weight is 159 g/mol. The number of rotatable bonds is 3. The molecule has 0 rings (SSSR count). The van der Waals surface area contributed by atoms with E-state index in [1.54, 1.807) is 11.9 Å². The van der Waals surface area contributed by atoms with Gasteiger partial charge in [-0.05, 0) is 5.92 Å². The van der Waals surface area contributed by atoms with Gasteiger partial charge in [0.05, 0.1) is 0 Å². The van der Waals surface area contributed by atoms with E-state index in [0.29, 0.717) is 5.92 Å². The lowest BCUT2D eigenvalue weighted by molar-refractivity contribution is 0.298. The molecule has 1 atom stereocenters. The Balaban J connectivity index is 3.77. The Kier molecular flexibility index (Phi) is 4.41. The smallest absolute Gasteiger partial charge is 0.233 e. The molecule has 0 spiro atoms. The first-order chi connectivity index (χ1) is 5.11. The molecule has 0 aromatic carbocycles. The van der Waals surface area contributed by atoms with Crippen LogP contribution in [0.15, 0.2) is 5.16 Å². The van der Waals surface area contributed by atoms with Gasteiger partial charge < -0.3 is 15.8 Å². The standard InChI is InChI=1S/C7H17N3O/c1-4-6(2)5-10(3)7(8)9-11/h6,11H,4-5H2,1-3H3,(H2,8,9). The van der Waals surface area contributed by atoms with E-state index in [1.165, 1.54) is 0 Å². The van der Waals surface area contributed by atoms with Crippen molar-refractivity contribution >= 4 is 5.96 Å². The van der Waals surface area contributed by atoms with E-state index in [1.807, 2.05) is 0 Å². The summed E-state index contributed by atoms with van der Waals surface area (Å²) in [6.45, 7) is 5.07. The van der Waals surface area contributed by atoms with E-state index in [2.05, 4.69) is 19.0 Å². The fourth-order valence-corrected chi connectivity index (χ4v) is 0.766. The summed E-state index contributed by atoms with van der Waals surface area (Å²) in [5.41, 5.74) is 5.35. The molecule has 0 fully saturated rings. The SMILES string of the molecule is CCC(C)CN(C)C(N)=NO. The minimum absolute atomic E-state index is 0.172. The summed E-state index contributed by atoms with van der Waals surface area (Å²) in [6, 6.07) is 0. The zero-order valence-electron chi connectivity index (χ0n) is 7.41. The van der Waals surface area contributed by atoms with E-state index in [4.69, 9.17) is 10.9 Å². The molecule has 66 valence electrons. The molecular formula is C7H17N3O. The third-order valence-electron chi connectivity index (χ3n) is 1.78. The van der Waals surface area contributed by atoms with Gasteiger partial charge in [0.2, 0.25) is 5.96 Å². The number of hydrogen-bond donors (Lipinski definition) is 2. The van der Waals surface area contributed by atoms with Gasteiger partial charge in [-0.25, -0.2) is 0 Å². The maximum absolute atomic E-state index is 8.31. The predicted octanol–water partition coefficient (Wildman–Crippen LogP) is 0.668. The van der Waals surface area contributed by atoms with Crippen LogP contribution >= 0.6 is 0 Å². The molecule has 0 radical (unpaired) electrons. The van der Waals surface area contributed by atoms with Crippen molar-refractivity contribution in [3.8, 4) is 0 Å². The maximum Gasteiger partial charge on any atom is 0.233 e. The number of nitrogens with two attached hydrogens (primary N) is 1. The first kappa shape index (κ1) is 10.1. The molecule has 0 aliphatic heterocycles. The lowest BCUT2D eigenvalue weighted by Crippen LogP contribution is -2.36. The summed E-state index contributed by atoms with van der Waals surface area (Å²) in [5.74, 6) is 0.741. The fourth-order valence-electron chi connectivity index (χ4n) is 0.766. The first-order valence-electron chi connectivity index (χ1n) is 3.80. The van der Waals surface area contributed by atoms with Gasteiger partial charge in [0.1, 0.15) is 0 Å². The average Bonchev–Trinajstić information content (AvgIpc) is 2.02. The summed E-state index contributed by atoms with van der Waals surface area (Å²) in [4.78, 5) is 1.73. The summed E-state index contributed by atoms with van der Waals surface area (Å²) < 4.78 is 0. The Bertz CT molecular complexity index is 136. The summed E-state index contributed by atoms with van der Waals surface area (Å²) in [7, 11) is 1.81. The zero-order valence-corrected chi connectivity index (χ0v) is 7.41. The maximum atomic E-state index is 8.31. The van der Waals surface area contributed by atoms with Crippen molar-refractivity contribution in [2.24, 2.45) is 16.8 Å². The number of hydrogen-bond acceptors (Lipinski definition) is 2. The fraction of sp³-hybridized carbons (Fsp3) is 0.857. The molecule has 0 aromatic rings. The van der Waals surface area contributed by atoms with E-state index in [0.717, 1.165) is 13.0 Å². The molecule has 4 heteroatoms. The van der Waals surface area contributed by atoms with Crippen LogP contribution < -0.4 is 5.73 Å².